The number of guanidine groups is 1. The Bertz CT molecular complexity index is 615. The predicted octanol–water partition coefficient (Wildman–Crippen LogP) is 3.13. The van der Waals surface area contributed by atoms with Crippen LogP contribution in [0, 0.1) is 6.92 Å². The zero-order chi connectivity index (χ0) is 18.4. The summed E-state index contributed by atoms with van der Waals surface area (Å²) in [7, 11) is 0. The summed E-state index contributed by atoms with van der Waals surface area (Å²) in [6.45, 7) is 12.7. The van der Waals surface area contributed by atoms with E-state index in [4.69, 9.17) is 9.73 Å². The van der Waals surface area contributed by atoms with E-state index in [1.807, 2.05) is 33.9 Å². The Morgan fingerprint density at radius 2 is 2.23 bits per heavy atom. The van der Waals surface area contributed by atoms with Crippen molar-refractivity contribution in [1.29, 1.82) is 0 Å². The summed E-state index contributed by atoms with van der Waals surface area (Å²) in [6.07, 6.45) is 2.40. The number of halogens is 1. The van der Waals surface area contributed by atoms with Crippen molar-refractivity contribution in [2.24, 2.45) is 4.99 Å². The van der Waals surface area contributed by atoms with E-state index in [1.165, 1.54) is 0 Å². The molecule has 148 valence electrons. The van der Waals surface area contributed by atoms with E-state index < -0.39 is 5.60 Å². The lowest BCUT2D eigenvalue weighted by atomic mass is 10.2. The summed E-state index contributed by atoms with van der Waals surface area (Å²) in [5, 5.41) is 7.33. The third-order valence-corrected chi connectivity index (χ3v) is 4.49. The number of aliphatic imine (C=N–C) groups is 1. The van der Waals surface area contributed by atoms with Gasteiger partial charge in [-0.1, -0.05) is 0 Å². The molecule has 1 unspecified atom stereocenters. The molecular weight excluding hydrogens is 465 g/mol. The van der Waals surface area contributed by atoms with E-state index >= 15 is 0 Å². The fraction of sp³-hybridized carbons (Fsp3) is 0.706. The first-order valence-corrected chi connectivity index (χ1v) is 9.52. The topological polar surface area (TPSA) is 78.9 Å². The Kier molecular flexibility index (Phi) is 9.08. The third kappa shape index (κ3) is 7.65. The van der Waals surface area contributed by atoms with Gasteiger partial charge in [0.25, 0.3) is 0 Å². The lowest BCUT2D eigenvalue weighted by Crippen LogP contribution is -2.44. The van der Waals surface area contributed by atoms with Crippen molar-refractivity contribution >= 4 is 47.4 Å². The van der Waals surface area contributed by atoms with Crippen LogP contribution in [0.15, 0.2) is 11.2 Å². The van der Waals surface area contributed by atoms with Gasteiger partial charge in [-0.25, -0.2) is 14.8 Å². The van der Waals surface area contributed by atoms with E-state index in [1.54, 1.807) is 11.3 Å². The van der Waals surface area contributed by atoms with Crippen molar-refractivity contribution in [2.45, 2.75) is 59.2 Å². The van der Waals surface area contributed by atoms with E-state index in [0.717, 1.165) is 41.9 Å². The third-order valence-electron chi connectivity index (χ3n) is 3.60. The first kappa shape index (κ1) is 22.9. The molecule has 1 aliphatic rings. The SMILES string of the molecule is CCNC(=NCc1cnc(C)s1)N1CCC(NC(=O)OC(C)(C)C)C1.I. The molecule has 0 spiro atoms. The summed E-state index contributed by atoms with van der Waals surface area (Å²) in [4.78, 5) is 24.2. The minimum absolute atomic E-state index is 0. The number of hydrogen-bond donors (Lipinski definition) is 2. The van der Waals surface area contributed by atoms with Crippen LogP contribution in [0.1, 0.15) is 44.0 Å². The first-order valence-electron chi connectivity index (χ1n) is 8.71. The molecule has 9 heteroatoms. The Balaban J connectivity index is 0.00000338. The van der Waals surface area contributed by atoms with Crippen molar-refractivity contribution in [3.05, 3.63) is 16.1 Å². The van der Waals surface area contributed by atoms with Gasteiger partial charge < -0.3 is 20.3 Å². The quantitative estimate of drug-likeness (QED) is 0.381. The van der Waals surface area contributed by atoms with E-state index in [9.17, 15) is 4.79 Å². The lowest BCUT2D eigenvalue weighted by Gasteiger charge is -2.23. The fourth-order valence-corrected chi connectivity index (χ4v) is 3.32. The summed E-state index contributed by atoms with van der Waals surface area (Å²) >= 11 is 1.67. The zero-order valence-corrected chi connectivity index (χ0v) is 19.3. The Hall–Kier alpha value is -1.10. The number of rotatable bonds is 4. The second-order valence-electron chi connectivity index (χ2n) is 7.09. The van der Waals surface area contributed by atoms with Crippen LogP contribution in [0.5, 0.6) is 0 Å². The molecule has 2 heterocycles. The van der Waals surface area contributed by atoms with Gasteiger partial charge in [0.15, 0.2) is 5.96 Å². The highest BCUT2D eigenvalue weighted by Gasteiger charge is 2.27. The number of ether oxygens (including phenoxy) is 1. The molecule has 0 aromatic carbocycles. The molecule has 1 atom stereocenters. The molecule has 7 nitrogen and oxygen atoms in total. The Morgan fingerprint density at radius 3 is 2.81 bits per heavy atom. The van der Waals surface area contributed by atoms with Gasteiger partial charge >= 0.3 is 6.09 Å². The van der Waals surface area contributed by atoms with Gasteiger partial charge in [0.05, 0.1) is 17.6 Å². The maximum Gasteiger partial charge on any atom is 0.407 e. The number of thiazole rings is 1. The van der Waals surface area contributed by atoms with Gasteiger partial charge in [0.2, 0.25) is 0 Å². The standard InChI is InChI=1S/C17H29N5O2S.HI/c1-6-18-15(20-10-14-9-19-12(2)25-14)22-8-7-13(11-22)21-16(23)24-17(3,4)5;/h9,13H,6-8,10-11H2,1-5H3,(H,18,20)(H,21,23);1H. The number of nitrogens with one attached hydrogen (secondary N) is 2. The van der Waals surface area contributed by atoms with Crippen molar-refractivity contribution in [3.8, 4) is 0 Å². The molecule has 0 radical (unpaired) electrons. The van der Waals surface area contributed by atoms with Crippen LogP contribution in [-0.2, 0) is 11.3 Å². The molecular formula is C17H30IN5O2S. The average Bonchev–Trinajstić information content (AvgIpc) is 3.10. The lowest BCUT2D eigenvalue weighted by molar-refractivity contribution is 0.0507. The number of alkyl carbamates (subject to hydrolysis) is 1. The Labute approximate surface area is 177 Å². The normalized spacial score (nSPS) is 17.7. The van der Waals surface area contributed by atoms with E-state index in [2.05, 4.69) is 27.4 Å². The highest BCUT2D eigenvalue weighted by molar-refractivity contribution is 14.0. The van der Waals surface area contributed by atoms with Crippen LogP contribution in [0.25, 0.3) is 0 Å². The van der Waals surface area contributed by atoms with Crippen LogP contribution >= 0.6 is 35.3 Å². The highest BCUT2D eigenvalue weighted by atomic mass is 127. The van der Waals surface area contributed by atoms with E-state index in [-0.39, 0.29) is 36.1 Å². The molecule has 2 rings (SSSR count). The van der Waals surface area contributed by atoms with Gasteiger partial charge in [-0.2, -0.15) is 0 Å². The average molecular weight is 495 g/mol. The smallest absolute Gasteiger partial charge is 0.407 e. The number of nitrogens with zero attached hydrogens (tertiary/aromatic N) is 3. The number of aryl methyl sites for hydroxylation is 1. The summed E-state index contributed by atoms with van der Waals surface area (Å²) in [6, 6.07) is 0.0735. The zero-order valence-electron chi connectivity index (χ0n) is 16.2. The van der Waals surface area contributed by atoms with Gasteiger partial charge in [0, 0.05) is 30.7 Å². The van der Waals surface area contributed by atoms with Crippen LogP contribution in [0.3, 0.4) is 0 Å². The Morgan fingerprint density at radius 1 is 1.50 bits per heavy atom. The van der Waals surface area contributed by atoms with Crippen molar-refractivity contribution < 1.29 is 9.53 Å². The van der Waals surface area contributed by atoms with Crippen molar-refractivity contribution in [3.63, 3.8) is 0 Å². The molecule has 1 aliphatic heterocycles. The monoisotopic (exact) mass is 495 g/mol. The van der Waals surface area contributed by atoms with Gasteiger partial charge in [-0.15, -0.1) is 35.3 Å². The second-order valence-corrected chi connectivity index (χ2v) is 8.41. The molecule has 26 heavy (non-hydrogen) atoms. The first-order chi connectivity index (χ1) is 11.8. The van der Waals surface area contributed by atoms with Gasteiger partial charge in [0.1, 0.15) is 5.60 Å². The number of hydrogen-bond acceptors (Lipinski definition) is 5. The summed E-state index contributed by atoms with van der Waals surface area (Å²) in [5.74, 6) is 0.877. The van der Waals surface area contributed by atoms with Gasteiger partial charge in [-0.3, -0.25) is 0 Å². The van der Waals surface area contributed by atoms with Crippen LogP contribution < -0.4 is 10.6 Å². The van der Waals surface area contributed by atoms with Crippen LogP contribution in [0.4, 0.5) is 4.79 Å². The van der Waals surface area contributed by atoms with Crippen LogP contribution in [0.2, 0.25) is 0 Å². The van der Waals surface area contributed by atoms with Crippen LogP contribution in [-0.4, -0.2) is 53.2 Å². The van der Waals surface area contributed by atoms with Gasteiger partial charge in [-0.05, 0) is 41.0 Å². The molecule has 1 aromatic heterocycles. The highest BCUT2D eigenvalue weighted by Crippen LogP contribution is 2.15. The minimum atomic E-state index is -0.481. The minimum Gasteiger partial charge on any atom is -0.444 e. The van der Waals surface area contributed by atoms with Crippen molar-refractivity contribution in [1.82, 2.24) is 20.5 Å². The number of aromatic nitrogens is 1. The maximum atomic E-state index is 11.9. The molecule has 1 saturated heterocycles. The number of amides is 1. The molecule has 0 aliphatic carbocycles. The summed E-state index contributed by atoms with van der Waals surface area (Å²) < 4.78 is 5.33. The molecule has 1 fully saturated rings. The van der Waals surface area contributed by atoms with E-state index in [0.29, 0.717) is 6.54 Å². The number of carbonyl (C=O) groups excluding carboxylic acids is 1. The van der Waals surface area contributed by atoms with Crippen molar-refractivity contribution in [2.75, 3.05) is 19.6 Å². The largest absolute Gasteiger partial charge is 0.444 e. The molecule has 1 aromatic rings. The molecule has 1 amide bonds. The molecule has 0 saturated carbocycles. The number of carbonyl (C=O) groups is 1. The molecule has 0 bridgehead atoms. The second kappa shape index (κ2) is 10.3. The predicted molar refractivity (Wildman–Crippen MR) is 116 cm³/mol. The maximum absolute atomic E-state index is 11.9. The fourth-order valence-electron chi connectivity index (χ4n) is 2.60. The molecule has 2 N–H and O–H groups in total. The summed E-state index contributed by atoms with van der Waals surface area (Å²) in [5.41, 5.74) is -0.481. The number of likely N-dealkylation sites (tertiary alicyclic amines) is 1.